The number of anilines is 1. The van der Waals surface area contributed by atoms with Crippen LogP contribution in [0, 0.1) is 0 Å². The SMILES string of the molecule is CN1SCc2ccc(Br)cc21. The lowest BCUT2D eigenvalue weighted by molar-refractivity contribution is 1.35. The fraction of sp³-hybridized carbons (Fsp3) is 0.250. The molecule has 1 heterocycles. The van der Waals surface area contributed by atoms with Gasteiger partial charge < -0.3 is 4.31 Å². The van der Waals surface area contributed by atoms with Crippen LogP contribution in [0.3, 0.4) is 0 Å². The standard InChI is InChI=1S/C8H8BrNS/c1-10-8-4-7(9)3-2-6(8)5-11-10/h2-4H,5H2,1H3. The van der Waals surface area contributed by atoms with Gasteiger partial charge in [-0.05, 0) is 29.6 Å². The van der Waals surface area contributed by atoms with Gasteiger partial charge in [0.1, 0.15) is 0 Å². The van der Waals surface area contributed by atoms with E-state index in [9.17, 15) is 0 Å². The summed E-state index contributed by atoms with van der Waals surface area (Å²) in [5.41, 5.74) is 2.77. The van der Waals surface area contributed by atoms with Crippen molar-refractivity contribution in [1.82, 2.24) is 0 Å². The summed E-state index contributed by atoms with van der Waals surface area (Å²) in [6.07, 6.45) is 0. The van der Waals surface area contributed by atoms with Gasteiger partial charge in [-0.3, -0.25) is 0 Å². The molecule has 0 fully saturated rings. The Morgan fingerprint density at radius 3 is 3.18 bits per heavy atom. The fourth-order valence-electron chi connectivity index (χ4n) is 1.19. The molecule has 0 saturated heterocycles. The zero-order valence-electron chi connectivity index (χ0n) is 6.17. The van der Waals surface area contributed by atoms with E-state index < -0.39 is 0 Å². The van der Waals surface area contributed by atoms with E-state index in [1.165, 1.54) is 11.3 Å². The Labute approximate surface area is 79.0 Å². The predicted molar refractivity (Wildman–Crippen MR) is 53.8 cm³/mol. The van der Waals surface area contributed by atoms with Crippen molar-refractivity contribution in [2.75, 3.05) is 11.4 Å². The molecule has 0 bridgehead atoms. The Morgan fingerprint density at radius 2 is 2.36 bits per heavy atom. The van der Waals surface area contributed by atoms with Crippen molar-refractivity contribution in [2.45, 2.75) is 5.75 Å². The highest BCUT2D eigenvalue weighted by molar-refractivity contribution is 9.10. The number of benzene rings is 1. The van der Waals surface area contributed by atoms with Crippen molar-refractivity contribution in [3.63, 3.8) is 0 Å². The number of nitrogens with zero attached hydrogens (tertiary/aromatic N) is 1. The van der Waals surface area contributed by atoms with Gasteiger partial charge in [-0.15, -0.1) is 0 Å². The van der Waals surface area contributed by atoms with Crippen molar-refractivity contribution in [3.8, 4) is 0 Å². The molecule has 0 aromatic heterocycles. The largest absolute Gasteiger partial charge is 0.319 e. The first-order valence-electron chi connectivity index (χ1n) is 3.42. The summed E-state index contributed by atoms with van der Waals surface area (Å²) < 4.78 is 3.37. The van der Waals surface area contributed by atoms with Crippen LogP contribution < -0.4 is 4.31 Å². The van der Waals surface area contributed by atoms with Gasteiger partial charge in [0.15, 0.2) is 0 Å². The molecule has 0 spiro atoms. The van der Waals surface area contributed by atoms with Crippen LogP contribution in [0.1, 0.15) is 5.56 Å². The van der Waals surface area contributed by atoms with Crippen LogP contribution in [0.4, 0.5) is 5.69 Å². The quantitative estimate of drug-likeness (QED) is 0.630. The van der Waals surface area contributed by atoms with Gasteiger partial charge in [0.2, 0.25) is 0 Å². The maximum atomic E-state index is 3.46. The third-order valence-corrected chi connectivity index (χ3v) is 3.32. The molecular weight excluding hydrogens is 222 g/mol. The Bertz CT molecular complexity index is 287. The maximum Gasteiger partial charge on any atom is 0.0518 e. The van der Waals surface area contributed by atoms with Gasteiger partial charge in [-0.25, -0.2) is 0 Å². The number of halogens is 1. The summed E-state index contributed by atoms with van der Waals surface area (Å²) in [5, 5.41) is 0. The van der Waals surface area contributed by atoms with Gasteiger partial charge in [-0.1, -0.05) is 22.0 Å². The first-order valence-corrected chi connectivity index (χ1v) is 5.16. The van der Waals surface area contributed by atoms with Crippen LogP contribution in [0.5, 0.6) is 0 Å². The highest BCUT2D eigenvalue weighted by Crippen LogP contribution is 2.37. The highest BCUT2D eigenvalue weighted by Gasteiger charge is 2.15. The van der Waals surface area contributed by atoms with Gasteiger partial charge in [-0.2, -0.15) is 0 Å². The van der Waals surface area contributed by atoms with Gasteiger partial charge in [0, 0.05) is 17.3 Å². The van der Waals surface area contributed by atoms with Gasteiger partial charge in [0.05, 0.1) is 5.69 Å². The second-order valence-electron chi connectivity index (χ2n) is 2.54. The van der Waals surface area contributed by atoms with Crippen LogP contribution in [0.15, 0.2) is 22.7 Å². The summed E-state index contributed by atoms with van der Waals surface area (Å²) >= 11 is 5.30. The smallest absolute Gasteiger partial charge is 0.0518 e. The molecule has 58 valence electrons. The Kier molecular flexibility index (Phi) is 1.85. The minimum Gasteiger partial charge on any atom is -0.319 e. The van der Waals surface area contributed by atoms with Crippen LogP contribution in [0.2, 0.25) is 0 Å². The summed E-state index contributed by atoms with van der Waals surface area (Å²) in [4.78, 5) is 0. The first-order chi connectivity index (χ1) is 5.27. The lowest BCUT2D eigenvalue weighted by Gasteiger charge is -2.09. The van der Waals surface area contributed by atoms with Crippen molar-refractivity contribution < 1.29 is 0 Å². The fourth-order valence-corrected chi connectivity index (χ4v) is 2.42. The molecule has 0 atom stereocenters. The molecule has 0 saturated carbocycles. The van der Waals surface area contributed by atoms with Gasteiger partial charge >= 0.3 is 0 Å². The van der Waals surface area contributed by atoms with E-state index in [2.05, 4.69) is 45.5 Å². The average Bonchev–Trinajstić information content (AvgIpc) is 2.33. The molecule has 1 aromatic carbocycles. The summed E-state index contributed by atoms with van der Waals surface area (Å²) in [5.74, 6) is 1.11. The number of rotatable bonds is 0. The van der Waals surface area contributed by atoms with E-state index in [-0.39, 0.29) is 0 Å². The number of fused-ring (bicyclic) bond motifs is 1. The Balaban J connectivity index is 2.52. The minimum atomic E-state index is 1.11. The molecule has 1 aromatic rings. The molecule has 1 nitrogen and oxygen atoms in total. The molecule has 0 aliphatic carbocycles. The highest BCUT2D eigenvalue weighted by atomic mass is 79.9. The molecule has 3 heteroatoms. The Morgan fingerprint density at radius 1 is 1.55 bits per heavy atom. The first kappa shape index (κ1) is 7.50. The van der Waals surface area contributed by atoms with Crippen molar-refractivity contribution in [1.29, 1.82) is 0 Å². The van der Waals surface area contributed by atoms with Crippen molar-refractivity contribution in [3.05, 3.63) is 28.2 Å². The second-order valence-corrected chi connectivity index (χ2v) is 4.55. The topological polar surface area (TPSA) is 3.24 Å². The maximum absolute atomic E-state index is 3.46. The third kappa shape index (κ3) is 1.27. The van der Waals surface area contributed by atoms with Crippen LogP contribution in [-0.2, 0) is 5.75 Å². The monoisotopic (exact) mass is 229 g/mol. The number of hydrogen-bond donors (Lipinski definition) is 0. The number of hydrogen-bond acceptors (Lipinski definition) is 2. The van der Waals surface area contributed by atoms with Crippen LogP contribution in [-0.4, -0.2) is 7.05 Å². The zero-order chi connectivity index (χ0) is 7.84. The Hall–Kier alpha value is -0.150. The third-order valence-electron chi connectivity index (χ3n) is 1.80. The molecule has 0 amide bonds. The summed E-state index contributed by atoms with van der Waals surface area (Å²) in [7, 11) is 2.10. The van der Waals surface area contributed by atoms with E-state index in [1.807, 2.05) is 11.9 Å². The molecule has 0 N–H and O–H groups in total. The van der Waals surface area contributed by atoms with E-state index in [1.54, 1.807) is 0 Å². The van der Waals surface area contributed by atoms with E-state index in [0.29, 0.717) is 0 Å². The molecule has 11 heavy (non-hydrogen) atoms. The minimum absolute atomic E-state index is 1.11. The molecule has 0 radical (unpaired) electrons. The summed E-state index contributed by atoms with van der Waals surface area (Å²) in [6, 6.07) is 6.43. The van der Waals surface area contributed by atoms with Crippen LogP contribution >= 0.6 is 27.9 Å². The zero-order valence-corrected chi connectivity index (χ0v) is 8.58. The normalized spacial score (nSPS) is 15.3. The second kappa shape index (κ2) is 2.72. The molecule has 1 aliphatic rings. The van der Waals surface area contributed by atoms with Crippen LogP contribution in [0.25, 0.3) is 0 Å². The van der Waals surface area contributed by atoms with E-state index in [4.69, 9.17) is 0 Å². The lowest BCUT2D eigenvalue weighted by atomic mass is 10.2. The molecule has 1 aliphatic heterocycles. The van der Waals surface area contributed by atoms with Gasteiger partial charge in [0.25, 0.3) is 0 Å². The van der Waals surface area contributed by atoms with Crippen molar-refractivity contribution >= 4 is 33.6 Å². The summed E-state index contributed by atoms with van der Waals surface area (Å²) in [6.45, 7) is 0. The lowest BCUT2D eigenvalue weighted by Crippen LogP contribution is -1.99. The predicted octanol–water partition coefficient (Wildman–Crippen LogP) is 3.05. The molecular formula is C8H8BrNS. The molecule has 0 unspecified atom stereocenters. The molecule has 2 rings (SSSR count). The van der Waals surface area contributed by atoms with Crippen molar-refractivity contribution in [2.24, 2.45) is 0 Å². The van der Waals surface area contributed by atoms with E-state index in [0.717, 1.165) is 10.2 Å². The van der Waals surface area contributed by atoms with E-state index >= 15 is 0 Å². The average molecular weight is 230 g/mol.